The molecule has 7 heteroatoms. The van der Waals surface area contributed by atoms with Crippen LogP contribution in [-0.2, 0) is 4.79 Å². The molecule has 0 aliphatic rings. The van der Waals surface area contributed by atoms with Gasteiger partial charge in [-0.25, -0.2) is 4.39 Å². The van der Waals surface area contributed by atoms with E-state index in [1.54, 1.807) is 12.1 Å². The number of aryl methyl sites for hydroxylation is 1. The van der Waals surface area contributed by atoms with Gasteiger partial charge in [-0.1, -0.05) is 42.8 Å². The van der Waals surface area contributed by atoms with E-state index in [0.29, 0.717) is 11.3 Å². The van der Waals surface area contributed by atoms with Crippen molar-refractivity contribution in [3.05, 3.63) is 95.8 Å². The average molecular weight is 440 g/mol. The Bertz CT molecular complexity index is 949. The van der Waals surface area contributed by atoms with E-state index in [2.05, 4.69) is 34.4 Å². The molecule has 0 spiro atoms. The molecule has 0 saturated heterocycles. The highest BCUT2D eigenvalue weighted by atomic mass is 32.2. The fourth-order valence-electron chi connectivity index (χ4n) is 2.37. The smallest absolute Gasteiger partial charge is 0.251 e. The number of carbonyl (C=O) groups excluding carboxylic acids is 2. The molecule has 0 saturated carbocycles. The molecule has 0 aromatic heterocycles. The Kier molecular flexibility index (Phi) is 10.3. The van der Waals surface area contributed by atoms with E-state index in [4.69, 9.17) is 0 Å². The molecule has 3 N–H and O–H groups in total. The fraction of sp³-hybridized carbons (Fsp3) is 0.167. The molecule has 3 aromatic carbocycles. The summed E-state index contributed by atoms with van der Waals surface area (Å²) in [6, 6.07) is 22.7. The van der Waals surface area contributed by atoms with Crippen LogP contribution in [0.3, 0.4) is 0 Å². The van der Waals surface area contributed by atoms with Gasteiger partial charge in [-0.15, -0.1) is 0 Å². The molecule has 3 aromatic rings. The molecule has 162 valence electrons. The maximum Gasteiger partial charge on any atom is 0.251 e. The summed E-state index contributed by atoms with van der Waals surface area (Å²) >= 11 is 1.51. The highest BCUT2D eigenvalue weighted by Gasteiger charge is 2.08. The Morgan fingerprint density at radius 3 is 2.10 bits per heavy atom. The van der Waals surface area contributed by atoms with Gasteiger partial charge in [0.25, 0.3) is 5.91 Å². The van der Waals surface area contributed by atoms with Crippen LogP contribution >= 0.6 is 11.9 Å². The Balaban J connectivity index is 0.000000412. The van der Waals surface area contributed by atoms with Gasteiger partial charge < -0.3 is 10.6 Å². The lowest BCUT2D eigenvalue weighted by atomic mass is 10.2. The van der Waals surface area contributed by atoms with Gasteiger partial charge in [0, 0.05) is 22.7 Å². The molecule has 31 heavy (non-hydrogen) atoms. The Morgan fingerprint density at radius 1 is 0.903 bits per heavy atom. The molecule has 0 aliphatic carbocycles. The second kappa shape index (κ2) is 13.2. The number of halogens is 1. The van der Waals surface area contributed by atoms with Crippen LogP contribution in [0.5, 0.6) is 0 Å². The van der Waals surface area contributed by atoms with Crippen LogP contribution in [0.4, 0.5) is 10.1 Å². The zero-order valence-corrected chi connectivity index (χ0v) is 18.3. The van der Waals surface area contributed by atoms with Crippen molar-refractivity contribution in [1.82, 2.24) is 10.0 Å². The summed E-state index contributed by atoms with van der Waals surface area (Å²) in [6.45, 7) is 4.79. The number of hydrogen-bond donors (Lipinski definition) is 3. The van der Waals surface area contributed by atoms with Crippen LogP contribution in [0.25, 0.3) is 0 Å². The van der Waals surface area contributed by atoms with Crippen LogP contribution < -0.4 is 15.4 Å². The standard InChI is InChI=1S/C17H18FN3O2S.C7H8/c1-2-20-24-15-9-7-14(8-10-15)21-16(22)11-19-17(23)12-3-5-13(18)6-4-12;1-7-5-3-2-4-6-7/h3-10,20H,2,11H2,1H3,(H,19,23)(H,21,22);2-6H,1H3. The van der Waals surface area contributed by atoms with Gasteiger partial charge in [0.05, 0.1) is 6.54 Å². The summed E-state index contributed by atoms with van der Waals surface area (Å²) < 4.78 is 15.9. The van der Waals surface area contributed by atoms with Gasteiger partial charge in [-0.05, 0) is 67.4 Å². The van der Waals surface area contributed by atoms with Crippen molar-refractivity contribution in [2.24, 2.45) is 0 Å². The first-order valence-corrected chi connectivity index (χ1v) is 10.6. The van der Waals surface area contributed by atoms with Gasteiger partial charge in [0.15, 0.2) is 0 Å². The monoisotopic (exact) mass is 439 g/mol. The van der Waals surface area contributed by atoms with Gasteiger partial charge in [-0.3, -0.25) is 14.3 Å². The molecular weight excluding hydrogens is 413 g/mol. The number of rotatable bonds is 7. The first-order valence-electron chi connectivity index (χ1n) is 9.83. The molecular formula is C24H26FN3O2S. The molecule has 0 fully saturated rings. The zero-order valence-electron chi connectivity index (χ0n) is 17.5. The van der Waals surface area contributed by atoms with Gasteiger partial charge in [0.2, 0.25) is 5.91 Å². The zero-order chi connectivity index (χ0) is 22.5. The number of carbonyl (C=O) groups is 2. The van der Waals surface area contributed by atoms with Crippen LogP contribution in [0.1, 0.15) is 22.8 Å². The molecule has 3 rings (SSSR count). The summed E-state index contributed by atoms with van der Waals surface area (Å²) in [6.07, 6.45) is 0. The van der Waals surface area contributed by atoms with Crippen molar-refractivity contribution >= 4 is 29.4 Å². The summed E-state index contributed by atoms with van der Waals surface area (Å²) in [5.41, 5.74) is 2.27. The van der Waals surface area contributed by atoms with Crippen molar-refractivity contribution in [1.29, 1.82) is 0 Å². The van der Waals surface area contributed by atoms with Crippen LogP contribution in [0.15, 0.2) is 83.8 Å². The third kappa shape index (κ3) is 9.46. The second-order valence-corrected chi connectivity index (χ2v) is 7.48. The van der Waals surface area contributed by atoms with Gasteiger partial charge in [-0.2, -0.15) is 0 Å². The fourth-order valence-corrected chi connectivity index (χ4v) is 2.95. The molecule has 0 radical (unpaired) electrons. The summed E-state index contributed by atoms with van der Waals surface area (Å²) in [7, 11) is 0. The maximum absolute atomic E-state index is 12.8. The number of amides is 2. The van der Waals surface area contributed by atoms with E-state index in [1.165, 1.54) is 41.8 Å². The van der Waals surface area contributed by atoms with E-state index in [0.717, 1.165) is 11.4 Å². The van der Waals surface area contributed by atoms with Crippen molar-refractivity contribution in [3.63, 3.8) is 0 Å². The maximum atomic E-state index is 12.8. The van der Waals surface area contributed by atoms with Crippen molar-refractivity contribution in [2.75, 3.05) is 18.4 Å². The minimum Gasteiger partial charge on any atom is -0.343 e. The minimum absolute atomic E-state index is 0.163. The normalized spacial score (nSPS) is 9.90. The number of benzene rings is 3. The van der Waals surface area contributed by atoms with E-state index in [9.17, 15) is 14.0 Å². The lowest BCUT2D eigenvalue weighted by Gasteiger charge is -2.08. The summed E-state index contributed by atoms with van der Waals surface area (Å²) in [5, 5.41) is 5.19. The van der Waals surface area contributed by atoms with E-state index in [1.807, 2.05) is 37.3 Å². The first kappa shape index (κ1) is 24.1. The predicted molar refractivity (Wildman–Crippen MR) is 125 cm³/mol. The topological polar surface area (TPSA) is 70.2 Å². The minimum atomic E-state index is -0.428. The van der Waals surface area contributed by atoms with E-state index in [-0.39, 0.29) is 12.5 Å². The lowest BCUT2D eigenvalue weighted by molar-refractivity contribution is -0.115. The molecule has 0 atom stereocenters. The summed E-state index contributed by atoms with van der Waals surface area (Å²) in [5.74, 6) is -1.18. The van der Waals surface area contributed by atoms with E-state index < -0.39 is 11.7 Å². The highest BCUT2D eigenvalue weighted by molar-refractivity contribution is 7.97. The summed E-state index contributed by atoms with van der Waals surface area (Å²) in [4.78, 5) is 24.7. The predicted octanol–water partition coefficient (Wildman–Crippen LogP) is 4.81. The number of hydrogen-bond acceptors (Lipinski definition) is 4. The Morgan fingerprint density at radius 2 is 1.55 bits per heavy atom. The third-order valence-electron chi connectivity index (χ3n) is 3.93. The van der Waals surface area contributed by atoms with Crippen LogP contribution in [-0.4, -0.2) is 24.9 Å². The molecule has 2 amide bonds. The van der Waals surface area contributed by atoms with Gasteiger partial charge in [0.1, 0.15) is 5.82 Å². The Hall–Kier alpha value is -3.16. The second-order valence-electron chi connectivity index (χ2n) is 6.52. The molecule has 5 nitrogen and oxygen atoms in total. The number of nitrogens with one attached hydrogen (secondary N) is 3. The quantitative estimate of drug-likeness (QED) is 0.462. The SMILES string of the molecule is CCNSc1ccc(NC(=O)CNC(=O)c2ccc(F)cc2)cc1.Cc1ccccc1. The van der Waals surface area contributed by atoms with Crippen molar-refractivity contribution in [2.45, 2.75) is 18.7 Å². The average Bonchev–Trinajstić information content (AvgIpc) is 2.78. The lowest BCUT2D eigenvalue weighted by Crippen LogP contribution is -2.32. The molecule has 0 aliphatic heterocycles. The molecule has 0 bridgehead atoms. The highest BCUT2D eigenvalue weighted by Crippen LogP contribution is 2.17. The van der Waals surface area contributed by atoms with Crippen LogP contribution in [0, 0.1) is 12.7 Å². The first-order chi connectivity index (χ1) is 15.0. The van der Waals surface area contributed by atoms with Crippen LogP contribution in [0.2, 0.25) is 0 Å². The van der Waals surface area contributed by atoms with Crippen molar-refractivity contribution in [3.8, 4) is 0 Å². The third-order valence-corrected chi connectivity index (χ3v) is 4.87. The largest absolute Gasteiger partial charge is 0.343 e. The molecule has 0 unspecified atom stereocenters. The van der Waals surface area contributed by atoms with Gasteiger partial charge >= 0.3 is 0 Å². The van der Waals surface area contributed by atoms with E-state index >= 15 is 0 Å². The number of anilines is 1. The van der Waals surface area contributed by atoms with Crippen molar-refractivity contribution < 1.29 is 14.0 Å². The molecule has 0 heterocycles. The Labute approximate surface area is 186 Å².